The lowest BCUT2D eigenvalue weighted by Gasteiger charge is -2.32. The number of sulfonamides is 1. The maximum absolute atomic E-state index is 13.9. The van der Waals surface area contributed by atoms with Crippen LogP contribution in [0.15, 0.2) is 71.6 Å². The predicted octanol–water partition coefficient (Wildman–Crippen LogP) is 6.44. The van der Waals surface area contributed by atoms with Crippen LogP contribution in [0.4, 0.5) is 5.69 Å². The predicted molar refractivity (Wildman–Crippen MR) is 157 cm³/mol. The Bertz CT molecular complexity index is 1450. The number of amides is 2. The third-order valence-electron chi connectivity index (χ3n) is 5.75. The molecular weight excluding hydrogens is 604 g/mol. The number of nitrogens with zero attached hydrogens (tertiary/aromatic N) is 2. The summed E-state index contributed by atoms with van der Waals surface area (Å²) in [6, 6.07) is 15.9. The van der Waals surface area contributed by atoms with Crippen LogP contribution < -0.4 is 9.62 Å². The number of hydrogen-bond acceptors (Lipinski definition) is 4. The maximum atomic E-state index is 13.9. The molecule has 7 nitrogen and oxygen atoms in total. The highest BCUT2D eigenvalue weighted by Gasteiger charge is 2.33. The Morgan fingerprint density at radius 1 is 0.846 bits per heavy atom. The maximum Gasteiger partial charge on any atom is 0.264 e. The van der Waals surface area contributed by atoms with Gasteiger partial charge in [0.1, 0.15) is 12.6 Å². The van der Waals surface area contributed by atoms with E-state index in [1.165, 1.54) is 35.2 Å². The Morgan fingerprint density at radius 3 is 2.13 bits per heavy atom. The first kappa shape index (κ1) is 31.0. The summed E-state index contributed by atoms with van der Waals surface area (Å²) in [4.78, 5) is 28.1. The van der Waals surface area contributed by atoms with Crippen LogP contribution >= 0.6 is 46.4 Å². The van der Waals surface area contributed by atoms with Gasteiger partial charge < -0.3 is 10.2 Å². The molecule has 1 atom stereocenters. The second-order valence-electron chi connectivity index (χ2n) is 9.01. The van der Waals surface area contributed by atoms with Crippen LogP contribution in [0.5, 0.6) is 0 Å². The van der Waals surface area contributed by atoms with Crippen molar-refractivity contribution in [3.8, 4) is 0 Å². The SMILES string of the molecule is CC(C)NC(=O)C(C)N(Cc1ccc(Cl)c(Cl)c1)C(=O)CN(c1cccc(Cl)c1Cl)S(=O)(=O)c1ccccc1. The quantitative estimate of drug-likeness (QED) is 0.279. The zero-order valence-electron chi connectivity index (χ0n) is 21.4. The molecule has 0 saturated carbocycles. The topological polar surface area (TPSA) is 86.8 Å². The molecule has 0 aliphatic rings. The van der Waals surface area contributed by atoms with Crippen LogP contribution in [-0.2, 0) is 26.2 Å². The molecule has 12 heteroatoms. The summed E-state index contributed by atoms with van der Waals surface area (Å²) in [7, 11) is -4.27. The Hall–Kier alpha value is -2.49. The van der Waals surface area contributed by atoms with Crippen LogP contribution in [-0.4, -0.2) is 43.8 Å². The number of halogens is 4. The minimum atomic E-state index is -4.27. The second-order valence-corrected chi connectivity index (χ2v) is 12.5. The van der Waals surface area contributed by atoms with Gasteiger partial charge in [-0.3, -0.25) is 13.9 Å². The van der Waals surface area contributed by atoms with Gasteiger partial charge in [-0.1, -0.05) is 76.7 Å². The highest BCUT2D eigenvalue weighted by atomic mass is 35.5. The number of carbonyl (C=O) groups is 2. The van der Waals surface area contributed by atoms with Gasteiger partial charge in [0.15, 0.2) is 0 Å². The Morgan fingerprint density at radius 2 is 1.51 bits per heavy atom. The molecule has 1 N–H and O–H groups in total. The normalized spacial score (nSPS) is 12.2. The molecule has 3 aromatic rings. The number of rotatable bonds is 10. The van der Waals surface area contributed by atoms with Gasteiger partial charge in [-0.25, -0.2) is 8.42 Å². The largest absolute Gasteiger partial charge is 0.352 e. The third-order valence-corrected chi connectivity index (χ3v) is 9.07. The highest BCUT2D eigenvalue weighted by molar-refractivity contribution is 7.92. The van der Waals surface area contributed by atoms with Crippen molar-refractivity contribution in [2.75, 3.05) is 10.8 Å². The smallest absolute Gasteiger partial charge is 0.264 e. The summed E-state index contributed by atoms with van der Waals surface area (Å²) >= 11 is 24.9. The van der Waals surface area contributed by atoms with E-state index in [1.54, 1.807) is 57.2 Å². The van der Waals surface area contributed by atoms with Gasteiger partial charge in [-0.2, -0.15) is 0 Å². The average Bonchev–Trinajstić information content (AvgIpc) is 2.89. The first-order chi connectivity index (χ1) is 18.3. The summed E-state index contributed by atoms with van der Waals surface area (Å²) in [5, 5.41) is 3.49. The Labute approximate surface area is 248 Å². The van der Waals surface area contributed by atoms with E-state index in [9.17, 15) is 18.0 Å². The molecule has 208 valence electrons. The summed E-state index contributed by atoms with van der Waals surface area (Å²) in [5.41, 5.74) is 0.621. The number of carbonyl (C=O) groups excluding carboxylic acids is 2. The van der Waals surface area contributed by atoms with Gasteiger partial charge in [0, 0.05) is 12.6 Å². The van der Waals surface area contributed by atoms with E-state index in [1.807, 2.05) is 0 Å². The van der Waals surface area contributed by atoms with Gasteiger partial charge >= 0.3 is 0 Å². The van der Waals surface area contributed by atoms with E-state index in [2.05, 4.69) is 5.32 Å². The second kappa shape index (κ2) is 13.2. The van der Waals surface area contributed by atoms with E-state index in [0.717, 1.165) is 4.31 Å². The van der Waals surface area contributed by atoms with Crippen molar-refractivity contribution >= 4 is 73.9 Å². The zero-order valence-corrected chi connectivity index (χ0v) is 25.2. The number of hydrogen-bond donors (Lipinski definition) is 1. The lowest BCUT2D eigenvalue weighted by Crippen LogP contribution is -2.52. The van der Waals surface area contributed by atoms with Crippen molar-refractivity contribution in [3.05, 3.63) is 92.4 Å². The molecule has 0 radical (unpaired) electrons. The molecule has 0 aromatic heterocycles. The molecule has 0 fully saturated rings. The van der Waals surface area contributed by atoms with Gasteiger partial charge in [0.25, 0.3) is 10.0 Å². The van der Waals surface area contributed by atoms with Gasteiger partial charge in [0.2, 0.25) is 11.8 Å². The number of anilines is 1. The first-order valence-electron chi connectivity index (χ1n) is 11.9. The molecule has 2 amide bonds. The average molecular weight is 631 g/mol. The lowest BCUT2D eigenvalue weighted by molar-refractivity contribution is -0.139. The molecule has 1 unspecified atom stereocenters. The minimum Gasteiger partial charge on any atom is -0.352 e. The molecule has 0 saturated heterocycles. The molecule has 0 aliphatic carbocycles. The van der Waals surface area contributed by atoms with E-state index in [0.29, 0.717) is 10.6 Å². The summed E-state index contributed by atoms with van der Waals surface area (Å²) in [6.45, 7) is 4.47. The van der Waals surface area contributed by atoms with E-state index >= 15 is 0 Å². The fraction of sp³-hybridized carbons (Fsp3) is 0.259. The van der Waals surface area contributed by atoms with Crippen LogP contribution in [0.2, 0.25) is 20.1 Å². The summed E-state index contributed by atoms with van der Waals surface area (Å²) in [6.07, 6.45) is 0. The first-order valence-corrected chi connectivity index (χ1v) is 14.8. The fourth-order valence-corrected chi connectivity index (χ4v) is 5.96. The molecule has 39 heavy (non-hydrogen) atoms. The van der Waals surface area contributed by atoms with Gasteiger partial charge in [0.05, 0.1) is 30.7 Å². The highest BCUT2D eigenvalue weighted by Crippen LogP contribution is 2.35. The van der Waals surface area contributed by atoms with Crippen molar-refractivity contribution < 1.29 is 18.0 Å². The van der Waals surface area contributed by atoms with Crippen LogP contribution in [0, 0.1) is 0 Å². The lowest BCUT2D eigenvalue weighted by atomic mass is 10.1. The van der Waals surface area contributed by atoms with Crippen LogP contribution in [0.3, 0.4) is 0 Å². The number of benzene rings is 3. The van der Waals surface area contributed by atoms with Gasteiger partial charge in [-0.05, 0) is 62.7 Å². The summed E-state index contributed by atoms with van der Waals surface area (Å²) in [5.74, 6) is -1.06. The molecule has 3 aromatic carbocycles. The number of nitrogens with one attached hydrogen (secondary N) is 1. The van der Waals surface area contributed by atoms with E-state index in [-0.39, 0.29) is 38.2 Å². The zero-order chi connectivity index (χ0) is 28.9. The van der Waals surface area contributed by atoms with E-state index < -0.39 is 34.4 Å². The van der Waals surface area contributed by atoms with E-state index in [4.69, 9.17) is 46.4 Å². The summed E-state index contributed by atoms with van der Waals surface area (Å²) < 4.78 is 28.5. The molecule has 0 bridgehead atoms. The molecular formula is C27H27Cl4N3O4S. The third kappa shape index (κ3) is 7.58. The van der Waals surface area contributed by atoms with Crippen molar-refractivity contribution in [1.29, 1.82) is 0 Å². The van der Waals surface area contributed by atoms with Crippen molar-refractivity contribution in [1.82, 2.24) is 10.2 Å². The van der Waals surface area contributed by atoms with Crippen molar-refractivity contribution in [3.63, 3.8) is 0 Å². The standard InChI is InChI=1S/C27H27Cl4N3O4S/c1-17(2)32-27(36)18(3)33(15-19-12-13-21(28)23(30)14-19)25(35)16-34(24-11-7-10-22(29)26(24)31)39(37,38)20-8-5-4-6-9-20/h4-14,17-18H,15-16H2,1-3H3,(H,32,36). The minimum absolute atomic E-state index is 0.0233. The van der Waals surface area contributed by atoms with Crippen LogP contribution in [0.25, 0.3) is 0 Å². The monoisotopic (exact) mass is 629 g/mol. The fourth-order valence-electron chi connectivity index (χ4n) is 3.74. The molecule has 0 aliphatic heterocycles. The Balaban J connectivity index is 2.08. The van der Waals surface area contributed by atoms with Gasteiger partial charge in [-0.15, -0.1) is 0 Å². The van der Waals surface area contributed by atoms with Crippen molar-refractivity contribution in [2.24, 2.45) is 0 Å². The molecule has 0 spiro atoms. The molecule has 3 rings (SSSR count). The Kier molecular flexibility index (Phi) is 10.5. The van der Waals surface area contributed by atoms with Crippen molar-refractivity contribution in [2.45, 2.75) is 44.3 Å². The van der Waals surface area contributed by atoms with Crippen LogP contribution in [0.1, 0.15) is 26.3 Å². The molecule has 0 heterocycles.